The normalized spacial score (nSPS) is 16.9. The van der Waals surface area contributed by atoms with Gasteiger partial charge in [-0.05, 0) is 36.1 Å². The SMILES string of the molecule is C[C@H](c1ccc(NC(=O)Cc2cccs2)cc1)N1CCOCC1. The minimum Gasteiger partial charge on any atom is -0.379 e. The van der Waals surface area contributed by atoms with Gasteiger partial charge in [0.05, 0.1) is 19.6 Å². The monoisotopic (exact) mass is 330 g/mol. The van der Waals surface area contributed by atoms with E-state index < -0.39 is 0 Å². The lowest BCUT2D eigenvalue weighted by Gasteiger charge is -2.32. The predicted octanol–water partition coefficient (Wildman–Crippen LogP) is 3.32. The molecule has 1 atom stereocenters. The van der Waals surface area contributed by atoms with Crippen LogP contribution in [-0.4, -0.2) is 37.1 Å². The molecule has 122 valence electrons. The first-order valence-electron chi connectivity index (χ1n) is 7.96. The molecule has 3 rings (SSSR count). The summed E-state index contributed by atoms with van der Waals surface area (Å²) >= 11 is 1.61. The van der Waals surface area contributed by atoms with E-state index in [2.05, 4.69) is 29.3 Å². The summed E-state index contributed by atoms with van der Waals surface area (Å²) in [6, 6.07) is 12.5. The lowest BCUT2D eigenvalue weighted by atomic mass is 10.1. The van der Waals surface area contributed by atoms with Crippen LogP contribution in [0.3, 0.4) is 0 Å². The van der Waals surface area contributed by atoms with Crippen molar-refractivity contribution in [2.45, 2.75) is 19.4 Å². The van der Waals surface area contributed by atoms with Gasteiger partial charge in [0.2, 0.25) is 5.91 Å². The molecule has 1 N–H and O–H groups in total. The largest absolute Gasteiger partial charge is 0.379 e. The quantitative estimate of drug-likeness (QED) is 0.914. The molecule has 1 fully saturated rings. The van der Waals surface area contributed by atoms with Gasteiger partial charge in [-0.15, -0.1) is 11.3 Å². The lowest BCUT2D eigenvalue weighted by molar-refractivity contribution is -0.115. The summed E-state index contributed by atoms with van der Waals surface area (Å²) in [6.45, 7) is 5.78. The maximum absolute atomic E-state index is 12.0. The molecule has 1 aromatic heterocycles. The average molecular weight is 330 g/mol. The summed E-state index contributed by atoms with van der Waals surface area (Å²) in [5.74, 6) is 0.0291. The van der Waals surface area contributed by atoms with Crippen LogP contribution >= 0.6 is 11.3 Å². The molecular weight excluding hydrogens is 308 g/mol. The topological polar surface area (TPSA) is 41.6 Å². The van der Waals surface area contributed by atoms with E-state index in [1.54, 1.807) is 11.3 Å². The van der Waals surface area contributed by atoms with Crippen LogP contribution in [0.1, 0.15) is 23.4 Å². The molecule has 1 saturated heterocycles. The number of thiophene rings is 1. The molecule has 2 heterocycles. The minimum atomic E-state index is 0.0291. The van der Waals surface area contributed by atoms with E-state index in [4.69, 9.17) is 4.74 Å². The number of carbonyl (C=O) groups excluding carboxylic acids is 1. The predicted molar refractivity (Wildman–Crippen MR) is 93.9 cm³/mol. The van der Waals surface area contributed by atoms with Crippen LogP contribution in [0.5, 0.6) is 0 Å². The second-order valence-electron chi connectivity index (χ2n) is 5.75. The van der Waals surface area contributed by atoms with Crippen LogP contribution in [0.15, 0.2) is 41.8 Å². The van der Waals surface area contributed by atoms with E-state index in [1.807, 2.05) is 29.6 Å². The number of morpholine rings is 1. The fraction of sp³-hybridized carbons (Fsp3) is 0.389. The summed E-state index contributed by atoms with van der Waals surface area (Å²) in [4.78, 5) is 15.5. The number of hydrogen-bond acceptors (Lipinski definition) is 4. The zero-order chi connectivity index (χ0) is 16.1. The molecule has 0 unspecified atom stereocenters. The molecule has 0 aliphatic carbocycles. The van der Waals surface area contributed by atoms with Gasteiger partial charge < -0.3 is 10.1 Å². The third-order valence-electron chi connectivity index (χ3n) is 4.19. The number of amides is 1. The molecule has 0 radical (unpaired) electrons. The van der Waals surface area contributed by atoms with E-state index in [9.17, 15) is 4.79 Å². The van der Waals surface area contributed by atoms with E-state index in [0.29, 0.717) is 12.5 Å². The summed E-state index contributed by atoms with van der Waals surface area (Å²) < 4.78 is 5.40. The van der Waals surface area contributed by atoms with Gasteiger partial charge in [0.25, 0.3) is 0 Å². The fourth-order valence-corrected chi connectivity index (χ4v) is 3.50. The Balaban J connectivity index is 1.57. The maximum atomic E-state index is 12.0. The molecule has 5 heteroatoms. The summed E-state index contributed by atoms with van der Waals surface area (Å²) in [5.41, 5.74) is 2.12. The highest BCUT2D eigenvalue weighted by molar-refractivity contribution is 7.10. The molecule has 23 heavy (non-hydrogen) atoms. The summed E-state index contributed by atoms with van der Waals surface area (Å²) in [6.07, 6.45) is 0.434. The Labute approximate surface area is 141 Å². The second kappa shape index (κ2) is 7.73. The number of benzene rings is 1. The molecule has 1 aliphatic rings. The van der Waals surface area contributed by atoms with Crippen LogP contribution in [0.4, 0.5) is 5.69 Å². The highest BCUT2D eigenvalue weighted by Gasteiger charge is 2.18. The summed E-state index contributed by atoms with van der Waals surface area (Å²) in [7, 11) is 0. The highest BCUT2D eigenvalue weighted by atomic mass is 32.1. The van der Waals surface area contributed by atoms with Crippen molar-refractivity contribution in [3.05, 3.63) is 52.2 Å². The van der Waals surface area contributed by atoms with Gasteiger partial charge in [0, 0.05) is 29.7 Å². The molecule has 1 aromatic carbocycles. The van der Waals surface area contributed by atoms with Crippen molar-refractivity contribution in [3.63, 3.8) is 0 Å². The third-order valence-corrected chi connectivity index (χ3v) is 5.06. The van der Waals surface area contributed by atoms with Crippen LogP contribution in [0, 0.1) is 0 Å². The van der Waals surface area contributed by atoms with Crippen molar-refractivity contribution in [2.24, 2.45) is 0 Å². The number of nitrogens with one attached hydrogen (secondary N) is 1. The Hall–Kier alpha value is -1.69. The Kier molecular flexibility index (Phi) is 5.43. The number of nitrogens with zero attached hydrogens (tertiary/aromatic N) is 1. The maximum Gasteiger partial charge on any atom is 0.229 e. The van der Waals surface area contributed by atoms with Crippen molar-refractivity contribution in [1.29, 1.82) is 0 Å². The molecule has 2 aromatic rings. The van der Waals surface area contributed by atoms with Crippen molar-refractivity contribution < 1.29 is 9.53 Å². The van der Waals surface area contributed by atoms with Crippen LogP contribution in [-0.2, 0) is 16.0 Å². The van der Waals surface area contributed by atoms with Crippen molar-refractivity contribution in [3.8, 4) is 0 Å². The Morgan fingerprint density at radius 3 is 2.65 bits per heavy atom. The molecule has 0 bridgehead atoms. The smallest absolute Gasteiger partial charge is 0.229 e. The fourth-order valence-electron chi connectivity index (χ4n) is 2.80. The molecule has 1 amide bonds. The standard InChI is InChI=1S/C18H22N2O2S/c1-14(20-8-10-22-11-9-20)15-4-6-16(7-5-15)19-18(21)13-17-3-2-12-23-17/h2-7,12,14H,8-11,13H2,1H3,(H,19,21)/t14-/m1/s1. The first-order chi connectivity index (χ1) is 11.2. The minimum absolute atomic E-state index is 0.0291. The van der Waals surface area contributed by atoms with Gasteiger partial charge in [0.1, 0.15) is 0 Å². The number of hydrogen-bond donors (Lipinski definition) is 1. The first-order valence-corrected chi connectivity index (χ1v) is 8.84. The highest BCUT2D eigenvalue weighted by Crippen LogP contribution is 2.23. The van der Waals surface area contributed by atoms with Gasteiger partial charge >= 0.3 is 0 Å². The average Bonchev–Trinajstić information content (AvgIpc) is 3.08. The van der Waals surface area contributed by atoms with Crippen LogP contribution in [0.25, 0.3) is 0 Å². The van der Waals surface area contributed by atoms with Crippen LogP contribution < -0.4 is 5.32 Å². The van der Waals surface area contributed by atoms with E-state index in [0.717, 1.165) is 36.9 Å². The Morgan fingerprint density at radius 1 is 1.26 bits per heavy atom. The van der Waals surface area contributed by atoms with Crippen molar-refractivity contribution in [1.82, 2.24) is 4.90 Å². The number of carbonyl (C=O) groups is 1. The first kappa shape index (κ1) is 16.2. The number of anilines is 1. The van der Waals surface area contributed by atoms with Gasteiger partial charge in [-0.1, -0.05) is 18.2 Å². The van der Waals surface area contributed by atoms with Gasteiger partial charge in [-0.25, -0.2) is 0 Å². The number of ether oxygens (including phenoxy) is 1. The van der Waals surface area contributed by atoms with E-state index in [1.165, 1.54) is 5.56 Å². The Morgan fingerprint density at radius 2 is 2.00 bits per heavy atom. The molecule has 4 nitrogen and oxygen atoms in total. The van der Waals surface area contributed by atoms with Gasteiger partial charge in [0.15, 0.2) is 0 Å². The zero-order valence-electron chi connectivity index (χ0n) is 13.3. The number of rotatable bonds is 5. The molecule has 0 spiro atoms. The molecule has 1 aliphatic heterocycles. The van der Waals surface area contributed by atoms with E-state index >= 15 is 0 Å². The van der Waals surface area contributed by atoms with Crippen molar-refractivity contribution in [2.75, 3.05) is 31.6 Å². The molecular formula is C18H22N2O2S. The van der Waals surface area contributed by atoms with Gasteiger partial charge in [-0.2, -0.15) is 0 Å². The lowest BCUT2D eigenvalue weighted by Crippen LogP contribution is -2.37. The van der Waals surface area contributed by atoms with Crippen LogP contribution in [0.2, 0.25) is 0 Å². The zero-order valence-corrected chi connectivity index (χ0v) is 14.1. The van der Waals surface area contributed by atoms with Crippen molar-refractivity contribution >= 4 is 22.9 Å². The third kappa shape index (κ3) is 4.41. The summed E-state index contributed by atoms with van der Waals surface area (Å²) in [5, 5.41) is 4.95. The van der Waals surface area contributed by atoms with Gasteiger partial charge in [-0.3, -0.25) is 9.69 Å². The second-order valence-corrected chi connectivity index (χ2v) is 6.78. The Bertz CT molecular complexity index is 619. The van der Waals surface area contributed by atoms with E-state index in [-0.39, 0.29) is 5.91 Å². The molecule has 0 saturated carbocycles.